The van der Waals surface area contributed by atoms with Gasteiger partial charge in [-0.05, 0) is 97.4 Å². The van der Waals surface area contributed by atoms with E-state index >= 15 is 0 Å². The van der Waals surface area contributed by atoms with Gasteiger partial charge in [0, 0.05) is 56.0 Å². The Bertz CT molecular complexity index is 2410. The van der Waals surface area contributed by atoms with Crippen LogP contribution in [0.3, 0.4) is 0 Å². The molecule has 0 spiro atoms. The fourth-order valence-corrected chi connectivity index (χ4v) is 8.50. The molecule has 0 amide bonds. The van der Waals surface area contributed by atoms with Crippen molar-refractivity contribution in [1.29, 1.82) is 0 Å². The summed E-state index contributed by atoms with van der Waals surface area (Å²) in [4.78, 5) is 37.2. The Morgan fingerprint density at radius 1 is 0.657 bits per heavy atom. The number of aryl methyl sites for hydroxylation is 2. The zero-order chi connectivity index (χ0) is 50.7. The zero-order valence-electron chi connectivity index (χ0n) is 34.3. The Balaban J connectivity index is 0.000000242. The number of alkyl halides is 12. The predicted octanol–water partition coefficient (Wildman–Crippen LogP) is 13.9. The number of halogens is 19. The molecule has 4 heterocycles. The number of hydrogen-bond donors (Lipinski definition) is 1. The van der Waals surface area contributed by atoms with Crippen molar-refractivity contribution in [3.8, 4) is 0 Å². The van der Waals surface area contributed by atoms with Crippen molar-refractivity contribution in [2.24, 2.45) is 0 Å². The number of hydrogen-bond acceptors (Lipinski definition) is 8. The number of nitrogens with one attached hydrogen (secondary N) is 1. The normalized spacial score (nSPS) is 18.9. The van der Waals surface area contributed by atoms with Gasteiger partial charge in [0.05, 0.1) is 30.1 Å². The maximum Gasteiger partial charge on any atom is 0.433 e. The summed E-state index contributed by atoms with van der Waals surface area (Å²) in [5.41, 5.74) is -7.26. The molecule has 2 atom stereocenters. The first-order chi connectivity index (χ1) is 30.7. The molecule has 0 aliphatic carbocycles. The molecule has 368 valence electrons. The highest BCUT2D eigenvalue weighted by atomic mass is 79.9. The van der Waals surface area contributed by atoms with E-state index in [9.17, 15) is 62.3 Å². The van der Waals surface area contributed by atoms with Crippen molar-refractivity contribution in [1.82, 2.24) is 25.3 Å². The van der Waals surface area contributed by atoms with Gasteiger partial charge in [-0.1, -0.05) is 69.6 Å². The fourth-order valence-electron chi connectivity index (χ4n) is 7.03. The van der Waals surface area contributed by atoms with E-state index in [2.05, 4.69) is 41.2 Å². The van der Waals surface area contributed by atoms with Gasteiger partial charge in [-0.3, -0.25) is 0 Å². The van der Waals surface area contributed by atoms with Crippen molar-refractivity contribution in [3.05, 3.63) is 105 Å². The molecular weight excluding hydrogens is 1120 g/mol. The third kappa shape index (κ3) is 13.7. The average molecular weight is 1150 g/mol. The van der Waals surface area contributed by atoms with E-state index < -0.39 is 65.8 Å². The Morgan fingerprint density at radius 2 is 1.07 bits per heavy atom. The van der Waals surface area contributed by atoms with Crippen LogP contribution >= 0.6 is 85.5 Å². The summed E-state index contributed by atoms with van der Waals surface area (Å²) in [5.74, 6) is -0.982. The topological polar surface area (TPSA) is 101 Å². The number of anilines is 1. The van der Waals surface area contributed by atoms with Crippen LogP contribution in [0.1, 0.15) is 73.2 Å². The standard InChI is InChI=1S/C20H16Cl3F6N3O.C11H9Cl3F3N.C9H8BrF3N2O/c1-10(33)2-3-11-8-30-17(31-16(11)19(24,25)26)32-5-4-18(9-32,20(27,28)29)12-6-13(21)15(23)14(22)7-12;12-7-3-6(4-8(13)9(7)14)10(11(15,16)17)1-2-18-5-10;1-5(16)2-3-6-4-14-8(10)15-7(6)9(11,12)13/h6-8H,2-5,9H2,1H3;3-4,18H,1-2,5H2;4H,2-3H2,1H3. The van der Waals surface area contributed by atoms with E-state index in [1.807, 2.05) is 0 Å². The highest BCUT2D eigenvalue weighted by Crippen LogP contribution is 2.51. The quantitative estimate of drug-likeness (QED) is 0.100. The van der Waals surface area contributed by atoms with Gasteiger partial charge >= 0.3 is 24.7 Å². The van der Waals surface area contributed by atoms with Crippen LogP contribution in [0.4, 0.5) is 58.6 Å². The summed E-state index contributed by atoms with van der Waals surface area (Å²) in [6.07, 6.45) is -17.4. The Morgan fingerprint density at radius 3 is 1.46 bits per heavy atom. The van der Waals surface area contributed by atoms with E-state index in [0.717, 1.165) is 29.4 Å². The highest BCUT2D eigenvalue weighted by molar-refractivity contribution is 9.10. The predicted molar refractivity (Wildman–Crippen MR) is 232 cm³/mol. The average Bonchev–Trinajstić information content (AvgIpc) is 3.91. The lowest BCUT2D eigenvalue weighted by Gasteiger charge is -2.32. The Kier molecular flexibility index (Phi) is 18.6. The van der Waals surface area contributed by atoms with Crippen LogP contribution in [0, 0.1) is 0 Å². The largest absolute Gasteiger partial charge is 0.433 e. The van der Waals surface area contributed by atoms with Crippen LogP contribution in [0.2, 0.25) is 30.1 Å². The minimum Gasteiger partial charge on any atom is -0.340 e. The lowest BCUT2D eigenvalue weighted by molar-refractivity contribution is -0.185. The van der Waals surface area contributed by atoms with Gasteiger partial charge < -0.3 is 19.8 Å². The van der Waals surface area contributed by atoms with Gasteiger partial charge in [-0.2, -0.15) is 52.7 Å². The first-order valence-electron chi connectivity index (χ1n) is 19.1. The van der Waals surface area contributed by atoms with Crippen molar-refractivity contribution >= 4 is 103 Å². The third-order valence-electron chi connectivity index (χ3n) is 10.6. The molecule has 1 N–H and O–H groups in total. The van der Waals surface area contributed by atoms with E-state index in [-0.39, 0.29) is 114 Å². The molecule has 2 aromatic carbocycles. The maximum absolute atomic E-state index is 14.3. The fraction of sp³-hybridized carbons (Fsp3) is 0.450. The van der Waals surface area contributed by atoms with Crippen LogP contribution in [0.15, 0.2) is 41.4 Å². The number of carbonyl (C=O) groups excluding carboxylic acids is 2. The summed E-state index contributed by atoms with van der Waals surface area (Å²) >= 11 is 37.9. The number of ketones is 2. The molecule has 27 heteroatoms. The van der Waals surface area contributed by atoms with E-state index in [1.165, 1.54) is 26.0 Å². The van der Waals surface area contributed by atoms with E-state index in [0.29, 0.717) is 6.54 Å². The molecule has 0 bridgehead atoms. The molecule has 2 aliphatic rings. The van der Waals surface area contributed by atoms with Crippen molar-refractivity contribution in [2.45, 2.75) is 87.9 Å². The van der Waals surface area contributed by atoms with Gasteiger partial charge in [0.15, 0.2) is 16.1 Å². The summed E-state index contributed by atoms with van der Waals surface area (Å²) in [7, 11) is 0. The number of benzene rings is 2. The molecule has 0 saturated carbocycles. The Hall–Kier alpha value is -2.92. The third-order valence-corrected chi connectivity index (χ3v) is 13.4. The van der Waals surface area contributed by atoms with Gasteiger partial charge in [0.2, 0.25) is 5.95 Å². The summed E-state index contributed by atoms with van der Waals surface area (Å²) in [6.45, 7) is 1.68. The van der Waals surface area contributed by atoms with Crippen molar-refractivity contribution in [2.75, 3.05) is 31.1 Å². The number of aromatic nitrogens is 4. The second kappa shape index (κ2) is 22.0. The van der Waals surface area contributed by atoms with Crippen LogP contribution in [-0.2, 0) is 45.6 Å². The van der Waals surface area contributed by atoms with E-state index in [1.54, 1.807) is 0 Å². The van der Waals surface area contributed by atoms with Crippen LogP contribution < -0.4 is 10.2 Å². The second-order valence-corrected chi connectivity index (χ2v) is 18.3. The molecule has 67 heavy (non-hydrogen) atoms. The summed E-state index contributed by atoms with van der Waals surface area (Å²) < 4.78 is 161. The minimum absolute atomic E-state index is 0.00252. The molecule has 2 saturated heterocycles. The van der Waals surface area contributed by atoms with Crippen LogP contribution in [0.25, 0.3) is 0 Å². The molecule has 2 fully saturated rings. The van der Waals surface area contributed by atoms with Gasteiger partial charge in [0.25, 0.3) is 0 Å². The number of rotatable bonds is 9. The van der Waals surface area contributed by atoms with Crippen molar-refractivity contribution in [3.63, 3.8) is 0 Å². The molecule has 8 nitrogen and oxygen atoms in total. The smallest absolute Gasteiger partial charge is 0.340 e. The molecule has 2 unspecified atom stereocenters. The Labute approximate surface area is 412 Å². The van der Waals surface area contributed by atoms with Crippen molar-refractivity contribution < 1.29 is 62.3 Å². The maximum atomic E-state index is 14.3. The van der Waals surface area contributed by atoms with Gasteiger partial charge in [0.1, 0.15) is 22.4 Å². The molecule has 6 rings (SSSR count). The minimum atomic E-state index is -4.87. The first-order valence-corrected chi connectivity index (χ1v) is 22.2. The highest BCUT2D eigenvalue weighted by Gasteiger charge is 2.60. The molecular formula is C40H33BrCl6F12N6O2. The molecule has 2 aromatic heterocycles. The van der Waals surface area contributed by atoms with E-state index in [4.69, 9.17) is 69.6 Å². The lowest BCUT2D eigenvalue weighted by atomic mass is 9.79. The first kappa shape index (κ1) is 56.7. The molecule has 4 aromatic rings. The van der Waals surface area contributed by atoms with Gasteiger partial charge in [-0.15, -0.1) is 0 Å². The second-order valence-electron chi connectivity index (χ2n) is 15.2. The van der Waals surface area contributed by atoms with Crippen LogP contribution in [-0.4, -0.2) is 70.0 Å². The summed E-state index contributed by atoms with van der Waals surface area (Å²) in [6, 6.07) is 4.60. The summed E-state index contributed by atoms with van der Waals surface area (Å²) in [5, 5.41) is 2.43. The number of nitrogens with zero attached hydrogens (tertiary/aromatic N) is 5. The molecule has 0 radical (unpaired) electrons. The van der Waals surface area contributed by atoms with Crippen LogP contribution in [0.5, 0.6) is 0 Å². The molecule has 2 aliphatic heterocycles. The zero-order valence-corrected chi connectivity index (χ0v) is 40.4. The lowest BCUT2D eigenvalue weighted by Crippen LogP contribution is -2.45. The monoisotopic (exact) mass is 1150 g/mol. The number of Topliss-reactive ketones (excluding diaryl/α,β-unsaturated/α-hetero) is 2. The van der Waals surface area contributed by atoms with Gasteiger partial charge in [-0.25, -0.2) is 19.9 Å². The number of carbonyl (C=O) groups is 2. The SMILES string of the molecule is CC(=O)CCc1cnc(Br)nc1C(F)(F)F.CC(=O)CCc1cnc(N2CCC(c3cc(Cl)c(Cl)c(Cl)c3)(C(F)(F)F)C2)nc1C(F)(F)F.FC(F)(F)C1(c2cc(Cl)c(Cl)c(Cl)c2)CCNC1.